The van der Waals surface area contributed by atoms with Crippen LogP contribution in [0.25, 0.3) is 0 Å². The van der Waals surface area contributed by atoms with Crippen LogP contribution in [-0.2, 0) is 0 Å². The second kappa shape index (κ2) is 6.44. The Morgan fingerprint density at radius 2 is 1.87 bits per heavy atom. The van der Waals surface area contributed by atoms with Crippen LogP contribution >= 0.6 is 0 Å². The van der Waals surface area contributed by atoms with E-state index in [1.807, 2.05) is 33.8 Å². The average Bonchev–Trinajstić information content (AvgIpc) is 3.08. The first-order valence-electron chi connectivity index (χ1n) is 5.98. The van der Waals surface area contributed by atoms with E-state index in [1.165, 1.54) is 12.0 Å². The molecule has 2 aliphatic carbocycles. The third kappa shape index (κ3) is 2.50. The molecule has 0 nitrogen and oxygen atoms in total. The van der Waals surface area contributed by atoms with Crippen LogP contribution in [0.5, 0.6) is 0 Å². The molecule has 1 fully saturated rings. The molecule has 0 saturated heterocycles. The third-order valence-electron chi connectivity index (χ3n) is 2.80. The zero-order chi connectivity index (χ0) is 11.9. The normalized spacial score (nSPS) is 29.3. The minimum Gasteiger partial charge on any atom is -0.102 e. The summed E-state index contributed by atoms with van der Waals surface area (Å²) in [6.45, 7) is 15.7. The molecular formula is C15H24. The summed E-state index contributed by atoms with van der Waals surface area (Å²) in [6, 6.07) is 0. The summed E-state index contributed by atoms with van der Waals surface area (Å²) in [4.78, 5) is 0. The highest BCUT2D eigenvalue weighted by Crippen LogP contribution is 2.61. The second-order valence-corrected chi connectivity index (χ2v) is 3.27. The van der Waals surface area contributed by atoms with E-state index in [1.54, 1.807) is 0 Å². The van der Waals surface area contributed by atoms with Crippen molar-refractivity contribution < 1.29 is 0 Å². The molecule has 15 heavy (non-hydrogen) atoms. The number of rotatable bonds is 2. The molecule has 1 saturated carbocycles. The van der Waals surface area contributed by atoms with Gasteiger partial charge < -0.3 is 0 Å². The van der Waals surface area contributed by atoms with Crippen molar-refractivity contribution in [3.05, 3.63) is 49.1 Å². The van der Waals surface area contributed by atoms with Gasteiger partial charge in [0.2, 0.25) is 0 Å². The van der Waals surface area contributed by atoms with Gasteiger partial charge in [-0.25, -0.2) is 0 Å². The SMILES string of the molecule is C=CC1=CC=CC2CC12C=C.CC.CC. The van der Waals surface area contributed by atoms with Crippen molar-refractivity contribution in [3.63, 3.8) is 0 Å². The van der Waals surface area contributed by atoms with Gasteiger partial charge in [0.15, 0.2) is 0 Å². The maximum absolute atomic E-state index is 3.87. The van der Waals surface area contributed by atoms with Gasteiger partial charge in [-0.1, -0.05) is 64.7 Å². The van der Waals surface area contributed by atoms with Crippen molar-refractivity contribution in [1.82, 2.24) is 0 Å². The first-order valence-corrected chi connectivity index (χ1v) is 5.98. The summed E-state index contributed by atoms with van der Waals surface area (Å²) < 4.78 is 0. The first-order chi connectivity index (χ1) is 7.33. The maximum Gasteiger partial charge on any atom is 0.0198 e. The Bertz CT molecular complexity index is 268. The minimum absolute atomic E-state index is 0.274. The third-order valence-corrected chi connectivity index (χ3v) is 2.80. The van der Waals surface area contributed by atoms with Crippen LogP contribution in [-0.4, -0.2) is 0 Å². The summed E-state index contributed by atoms with van der Waals surface area (Å²) in [7, 11) is 0. The Morgan fingerprint density at radius 1 is 1.27 bits per heavy atom. The van der Waals surface area contributed by atoms with Crippen molar-refractivity contribution in [2.24, 2.45) is 11.3 Å². The van der Waals surface area contributed by atoms with E-state index in [0.29, 0.717) is 5.92 Å². The van der Waals surface area contributed by atoms with Gasteiger partial charge in [-0.05, 0) is 17.9 Å². The molecule has 0 aromatic carbocycles. The molecular weight excluding hydrogens is 180 g/mol. The lowest BCUT2D eigenvalue weighted by molar-refractivity contribution is 0.746. The van der Waals surface area contributed by atoms with Gasteiger partial charge in [0, 0.05) is 5.41 Å². The molecule has 84 valence electrons. The molecule has 0 N–H and O–H groups in total. The van der Waals surface area contributed by atoms with Crippen LogP contribution in [0.15, 0.2) is 49.1 Å². The fraction of sp³-hybridized carbons (Fsp3) is 0.467. The van der Waals surface area contributed by atoms with Crippen molar-refractivity contribution in [3.8, 4) is 0 Å². The first kappa shape index (κ1) is 14.0. The Morgan fingerprint density at radius 3 is 2.27 bits per heavy atom. The molecule has 0 heteroatoms. The van der Waals surface area contributed by atoms with E-state index in [-0.39, 0.29) is 5.41 Å². The second-order valence-electron chi connectivity index (χ2n) is 3.27. The number of hydrogen-bond acceptors (Lipinski definition) is 0. The largest absolute Gasteiger partial charge is 0.102 e. The predicted octanol–water partition coefficient (Wildman–Crippen LogP) is 4.91. The highest BCUT2D eigenvalue weighted by atomic mass is 14.5. The van der Waals surface area contributed by atoms with E-state index < -0.39 is 0 Å². The fourth-order valence-corrected chi connectivity index (χ4v) is 1.94. The summed E-state index contributed by atoms with van der Waals surface area (Å²) in [5.41, 5.74) is 1.61. The Kier molecular flexibility index (Phi) is 6.00. The van der Waals surface area contributed by atoms with Crippen molar-refractivity contribution in [2.75, 3.05) is 0 Å². The Hall–Kier alpha value is -1.04. The quantitative estimate of drug-likeness (QED) is 0.560. The van der Waals surface area contributed by atoms with E-state index in [4.69, 9.17) is 0 Å². The van der Waals surface area contributed by atoms with Crippen LogP contribution in [0.4, 0.5) is 0 Å². The smallest absolute Gasteiger partial charge is 0.0198 e. The molecule has 0 radical (unpaired) electrons. The van der Waals surface area contributed by atoms with Gasteiger partial charge in [0.25, 0.3) is 0 Å². The fourth-order valence-electron chi connectivity index (χ4n) is 1.94. The van der Waals surface area contributed by atoms with Crippen molar-refractivity contribution in [2.45, 2.75) is 34.1 Å². The van der Waals surface area contributed by atoms with Crippen LogP contribution in [0, 0.1) is 11.3 Å². The molecule has 0 aliphatic heterocycles. The molecule has 2 atom stereocenters. The minimum atomic E-state index is 0.274. The molecule has 0 aromatic rings. The van der Waals surface area contributed by atoms with Crippen LogP contribution in [0.1, 0.15) is 34.1 Å². The van der Waals surface area contributed by atoms with Crippen LogP contribution < -0.4 is 0 Å². The molecule has 0 spiro atoms. The lowest BCUT2D eigenvalue weighted by Crippen LogP contribution is -2.03. The van der Waals surface area contributed by atoms with Gasteiger partial charge in [0.05, 0.1) is 0 Å². The summed E-state index contributed by atoms with van der Waals surface area (Å²) in [6.07, 6.45) is 11.8. The van der Waals surface area contributed by atoms with E-state index in [0.717, 1.165) is 0 Å². The molecule has 0 bridgehead atoms. The zero-order valence-electron chi connectivity index (χ0n) is 10.6. The van der Waals surface area contributed by atoms with E-state index >= 15 is 0 Å². The van der Waals surface area contributed by atoms with E-state index in [9.17, 15) is 0 Å². The summed E-state index contributed by atoms with van der Waals surface area (Å²) in [5.74, 6) is 0.706. The van der Waals surface area contributed by atoms with Crippen LogP contribution in [0.3, 0.4) is 0 Å². The Balaban J connectivity index is 0.000000442. The summed E-state index contributed by atoms with van der Waals surface area (Å²) in [5, 5.41) is 0. The zero-order valence-corrected chi connectivity index (χ0v) is 10.6. The molecule has 0 heterocycles. The molecule has 2 unspecified atom stereocenters. The van der Waals surface area contributed by atoms with Gasteiger partial charge in [-0.15, -0.1) is 6.58 Å². The highest BCUT2D eigenvalue weighted by Gasteiger charge is 2.52. The van der Waals surface area contributed by atoms with E-state index in [2.05, 4.69) is 37.5 Å². The van der Waals surface area contributed by atoms with Crippen molar-refractivity contribution in [1.29, 1.82) is 0 Å². The molecule has 2 rings (SSSR count). The van der Waals surface area contributed by atoms with Gasteiger partial charge in [-0.2, -0.15) is 0 Å². The number of fused-ring (bicyclic) bond motifs is 1. The lowest BCUT2D eigenvalue weighted by atomic mass is 9.90. The maximum atomic E-state index is 3.87. The molecule has 0 amide bonds. The topological polar surface area (TPSA) is 0 Å². The highest BCUT2D eigenvalue weighted by molar-refractivity contribution is 5.46. The lowest BCUT2D eigenvalue weighted by Gasteiger charge is -2.14. The predicted molar refractivity (Wildman–Crippen MR) is 70.9 cm³/mol. The average molecular weight is 204 g/mol. The number of hydrogen-bond donors (Lipinski definition) is 0. The summed E-state index contributed by atoms with van der Waals surface area (Å²) >= 11 is 0. The Labute approximate surface area is 95.1 Å². The van der Waals surface area contributed by atoms with Crippen LogP contribution in [0.2, 0.25) is 0 Å². The van der Waals surface area contributed by atoms with Gasteiger partial charge >= 0.3 is 0 Å². The van der Waals surface area contributed by atoms with Gasteiger partial charge in [0.1, 0.15) is 0 Å². The molecule has 0 aromatic heterocycles. The van der Waals surface area contributed by atoms with Crippen molar-refractivity contribution >= 4 is 0 Å². The molecule has 2 aliphatic rings. The standard InChI is InChI=1S/C11H12.2C2H6/c1-3-9-6-5-7-10-8-11(9,10)4-2;2*1-2/h3-7,10H,1-2,8H2;2*1-2H3. The van der Waals surface area contributed by atoms with Gasteiger partial charge in [-0.3, -0.25) is 0 Å². The number of allylic oxidation sites excluding steroid dienone is 6. The monoisotopic (exact) mass is 204 g/mol.